The third-order valence-corrected chi connectivity index (χ3v) is 6.97. The number of halogens is 1. The van der Waals surface area contributed by atoms with Crippen molar-refractivity contribution < 1.29 is 13.9 Å². The van der Waals surface area contributed by atoms with Crippen molar-refractivity contribution in [1.29, 1.82) is 0 Å². The molecule has 8 heteroatoms. The van der Waals surface area contributed by atoms with E-state index >= 15 is 0 Å². The van der Waals surface area contributed by atoms with Gasteiger partial charge in [0, 0.05) is 13.1 Å². The minimum absolute atomic E-state index is 0.0449. The van der Waals surface area contributed by atoms with E-state index in [4.69, 9.17) is 4.42 Å². The van der Waals surface area contributed by atoms with E-state index in [1.54, 1.807) is 30.5 Å². The number of aromatic nitrogens is 3. The topological polar surface area (TPSA) is 66.8 Å². The molecule has 6 rings (SSSR count). The lowest BCUT2D eigenvalue weighted by Gasteiger charge is -2.35. The Labute approximate surface area is 187 Å². The molecule has 0 aliphatic carbocycles. The lowest BCUT2D eigenvalue weighted by atomic mass is 9.96. The van der Waals surface area contributed by atoms with Gasteiger partial charge in [-0.05, 0) is 47.4 Å². The summed E-state index contributed by atoms with van der Waals surface area (Å²) in [4.78, 5) is 8.17. The third-order valence-electron chi connectivity index (χ3n) is 5.90. The molecule has 0 radical (unpaired) electrons. The van der Waals surface area contributed by atoms with Crippen molar-refractivity contribution >= 4 is 16.3 Å². The molecular weight excluding hydrogens is 427 g/mol. The summed E-state index contributed by atoms with van der Waals surface area (Å²) in [5.74, 6) is 0.729. The largest absolute Gasteiger partial charge is 0.492 e. The number of hydrogen-bond donors (Lipinski definition) is 1. The first-order valence-corrected chi connectivity index (χ1v) is 11.2. The fraction of sp³-hybridized carbons (Fsp3) is 0.167. The highest BCUT2D eigenvalue weighted by Crippen LogP contribution is 2.42. The Morgan fingerprint density at radius 2 is 1.84 bits per heavy atom. The van der Waals surface area contributed by atoms with Crippen LogP contribution in [0.25, 0.3) is 16.5 Å². The summed E-state index contributed by atoms with van der Waals surface area (Å²) in [7, 11) is 0. The lowest BCUT2D eigenvalue weighted by molar-refractivity contribution is 0.205. The summed E-state index contributed by atoms with van der Waals surface area (Å²) >= 11 is 1.39. The molecule has 0 saturated carbocycles. The Kier molecular flexibility index (Phi) is 4.55. The summed E-state index contributed by atoms with van der Waals surface area (Å²) in [6.45, 7) is 1.56. The van der Waals surface area contributed by atoms with Crippen molar-refractivity contribution in [2.75, 3.05) is 6.54 Å². The van der Waals surface area contributed by atoms with Crippen LogP contribution in [0.1, 0.15) is 27.6 Å². The van der Waals surface area contributed by atoms with Gasteiger partial charge < -0.3 is 9.52 Å². The lowest BCUT2D eigenvalue weighted by Crippen LogP contribution is -2.34. The van der Waals surface area contributed by atoms with Crippen LogP contribution in [0.5, 0.6) is 5.88 Å². The summed E-state index contributed by atoms with van der Waals surface area (Å²) in [5, 5.41) is 15.6. The molecule has 6 nitrogen and oxygen atoms in total. The molecule has 1 aliphatic heterocycles. The molecule has 0 fully saturated rings. The first kappa shape index (κ1) is 19.2. The number of furan rings is 1. The normalized spacial score (nSPS) is 15.2. The van der Waals surface area contributed by atoms with Gasteiger partial charge in [-0.15, -0.1) is 5.10 Å². The van der Waals surface area contributed by atoms with E-state index < -0.39 is 0 Å². The Balaban J connectivity index is 1.44. The second kappa shape index (κ2) is 7.58. The highest BCUT2D eigenvalue weighted by molar-refractivity contribution is 7.17. The Hall–Kier alpha value is -3.49. The smallest absolute Gasteiger partial charge is 0.230 e. The average Bonchev–Trinajstić information content (AvgIpc) is 3.54. The van der Waals surface area contributed by atoms with Crippen molar-refractivity contribution in [2.24, 2.45) is 0 Å². The number of benzene rings is 2. The highest BCUT2D eigenvalue weighted by Gasteiger charge is 2.32. The van der Waals surface area contributed by atoms with Crippen molar-refractivity contribution in [3.8, 4) is 17.5 Å². The minimum atomic E-state index is -0.286. The molecule has 4 heterocycles. The SMILES string of the molecule is Oc1c([C@@H](c2ccc(F)cc2)N2CCc3ccccc3C2)sc2nc(-c3ccco3)nn12. The van der Waals surface area contributed by atoms with Crippen LogP contribution < -0.4 is 0 Å². The van der Waals surface area contributed by atoms with Gasteiger partial charge in [0.1, 0.15) is 5.82 Å². The maximum Gasteiger partial charge on any atom is 0.230 e. The van der Waals surface area contributed by atoms with Gasteiger partial charge in [0.15, 0.2) is 5.76 Å². The van der Waals surface area contributed by atoms with Gasteiger partial charge in [0.2, 0.25) is 16.7 Å². The van der Waals surface area contributed by atoms with Gasteiger partial charge in [-0.1, -0.05) is 47.7 Å². The third kappa shape index (κ3) is 3.19. The van der Waals surface area contributed by atoms with Crippen molar-refractivity contribution in [3.63, 3.8) is 0 Å². The summed E-state index contributed by atoms with van der Waals surface area (Å²) in [6, 6.07) is 18.2. The fourth-order valence-electron chi connectivity index (χ4n) is 4.35. The van der Waals surface area contributed by atoms with E-state index in [-0.39, 0.29) is 17.7 Å². The zero-order valence-electron chi connectivity index (χ0n) is 17.0. The van der Waals surface area contributed by atoms with E-state index in [1.807, 2.05) is 6.07 Å². The molecular formula is C24H19FN4O2S. The summed E-state index contributed by atoms with van der Waals surface area (Å²) in [5.41, 5.74) is 3.53. The molecule has 2 aromatic carbocycles. The van der Waals surface area contributed by atoms with Crippen LogP contribution in [-0.4, -0.2) is 31.1 Å². The first-order valence-electron chi connectivity index (χ1n) is 10.4. The molecule has 32 heavy (non-hydrogen) atoms. The second-order valence-electron chi connectivity index (χ2n) is 7.84. The molecule has 160 valence electrons. The predicted molar refractivity (Wildman–Crippen MR) is 119 cm³/mol. The number of rotatable bonds is 4. The van der Waals surface area contributed by atoms with Crippen LogP contribution >= 0.6 is 11.3 Å². The van der Waals surface area contributed by atoms with E-state index in [2.05, 4.69) is 33.2 Å². The van der Waals surface area contributed by atoms with Crippen molar-refractivity contribution in [3.05, 3.63) is 94.3 Å². The molecule has 1 atom stereocenters. The highest BCUT2D eigenvalue weighted by atomic mass is 32.1. The number of hydrogen-bond acceptors (Lipinski definition) is 6. The van der Waals surface area contributed by atoms with Gasteiger partial charge >= 0.3 is 0 Å². The Morgan fingerprint density at radius 1 is 1.03 bits per heavy atom. The fourth-order valence-corrected chi connectivity index (χ4v) is 5.47. The summed E-state index contributed by atoms with van der Waals surface area (Å²) < 4.78 is 20.5. The van der Waals surface area contributed by atoms with Crippen LogP contribution in [0.4, 0.5) is 4.39 Å². The van der Waals surface area contributed by atoms with E-state index in [0.717, 1.165) is 30.0 Å². The zero-order chi connectivity index (χ0) is 21.7. The summed E-state index contributed by atoms with van der Waals surface area (Å²) in [6.07, 6.45) is 2.48. The molecule has 5 aromatic rings. The number of fused-ring (bicyclic) bond motifs is 2. The quantitative estimate of drug-likeness (QED) is 0.419. The minimum Gasteiger partial charge on any atom is -0.492 e. The monoisotopic (exact) mass is 446 g/mol. The van der Waals surface area contributed by atoms with Crippen LogP contribution in [0, 0.1) is 5.82 Å². The Morgan fingerprint density at radius 3 is 2.59 bits per heavy atom. The molecule has 3 aromatic heterocycles. The van der Waals surface area contributed by atoms with Crippen LogP contribution in [0.15, 0.2) is 71.3 Å². The van der Waals surface area contributed by atoms with Gasteiger partial charge in [0.05, 0.1) is 17.2 Å². The van der Waals surface area contributed by atoms with Crippen LogP contribution in [-0.2, 0) is 13.0 Å². The molecule has 1 aliphatic rings. The molecule has 0 saturated heterocycles. The van der Waals surface area contributed by atoms with Gasteiger partial charge in [-0.25, -0.2) is 4.39 Å². The van der Waals surface area contributed by atoms with Crippen molar-refractivity contribution in [1.82, 2.24) is 19.5 Å². The number of nitrogens with zero attached hydrogens (tertiary/aromatic N) is 4. The van der Waals surface area contributed by atoms with Gasteiger partial charge in [0.25, 0.3) is 0 Å². The molecule has 0 unspecified atom stereocenters. The van der Waals surface area contributed by atoms with E-state index in [1.165, 1.54) is 39.1 Å². The average molecular weight is 447 g/mol. The van der Waals surface area contributed by atoms with Gasteiger partial charge in [-0.2, -0.15) is 9.50 Å². The standard InChI is InChI=1S/C24H19FN4O2S/c25-18-9-7-16(8-10-18)20(28-12-11-15-4-1-2-5-17(15)14-28)21-23(30)29-24(32-21)26-22(27-29)19-6-3-13-31-19/h1-10,13,20,30H,11-12,14H2/t20-/m1/s1. The van der Waals surface area contributed by atoms with Crippen LogP contribution in [0.2, 0.25) is 0 Å². The number of thiazole rings is 1. The zero-order valence-corrected chi connectivity index (χ0v) is 17.8. The van der Waals surface area contributed by atoms with Crippen LogP contribution in [0.3, 0.4) is 0 Å². The molecule has 0 amide bonds. The maximum atomic E-state index is 13.7. The van der Waals surface area contributed by atoms with Crippen molar-refractivity contribution in [2.45, 2.75) is 19.0 Å². The maximum absolute atomic E-state index is 13.7. The number of aromatic hydroxyl groups is 1. The first-order chi connectivity index (χ1) is 15.7. The molecule has 0 bridgehead atoms. The molecule has 0 spiro atoms. The second-order valence-corrected chi connectivity index (χ2v) is 8.85. The van der Waals surface area contributed by atoms with E-state index in [0.29, 0.717) is 16.5 Å². The molecule has 1 N–H and O–H groups in total. The van der Waals surface area contributed by atoms with Gasteiger partial charge in [-0.3, -0.25) is 4.90 Å². The Bertz CT molecular complexity index is 1390. The van der Waals surface area contributed by atoms with E-state index in [9.17, 15) is 9.50 Å². The predicted octanol–water partition coefficient (Wildman–Crippen LogP) is 5.04.